The van der Waals surface area contributed by atoms with E-state index in [1.165, 1.54) is 194 Å². The topological polar surface area (TPSA) is 17.4 Å². The summed E-state index contributed by atoms with van der Waals surface area (Å²) in [5.74, 6) is 4.86. The highest BCUT2D eigenvalue weighted by atomic mass is 32.3. The maximum atomic E-state index is 6.51. The van der Waals surface area contributed by atoms with Gasteiger partial charge in [0.2, 0.25) is 6.71 Å². The van der Waals surface area contributed by atoms with E-state index in [-0.39, 0.29) is 6.71 Å². The van der Waals surface area contributed by atoms with Crippen molar-refractivity contribution in [1.82, 2.24) is 4.57 Å². The third-order valence-corrected chi connectivity index (χ3v) is 24.5. The molecule has 378 valence electrons. The minimum absolute atomic E-state index is 0.0671. The number of nitrogens with zero attached hydrogens (tertiary/aromatic N) is 2. The summed E-state index contributed by atoms with van der Waals surface area (Å²) in [6.45, 7) is 0.0671. The van der Waals surface area contributed by atoms with E-state index in [0.717, 1.165) is 23.5 Å². The van der Waals surface area contributed by atoms with Gasteiger partial charge in [-0.3, -0.25) is 0 Å². The molecule has 0 spiro atoms. The first-order valence-corrected chi connectivity index (χ1v) is 31.1. The van der Waals surface area contributed by atoms with Gasteiger partial charge in [-0.2, -0.15) is 0 Å². The monoisotopic (exact) mass is 1010 g/mol. The van der Waals surface area contributed by atoms with Crippen LogP contribution >= 0.6 is 10.0 Å². The van der Waals surface area contributed by atoms with E-state index < -0.39 is 10.0 Å². The Hall–Kier alpha value is -6.43. The van der Waals surface area contributed by atoms with Crippen LogP contribution in [0.3, 0.4) is 0 Å². The van der Waals surface area contributed by atoms with Gasteiger partial charge in [-0.25, -0.2) is 0 Å². The third kappa shape index (κ3) is 6.88. The van der Waals surface area contributed by atoms with Gasteiger partial charge in [-0.15, -0.1) is 10.0 Å². The van der Waals surface area contributed by atoms with Crippen LogP contribution in [0.25, 0.3) is 27.5 Å². The lowest BCUT2D eigenvalue weighted by atomic mass is 9.34. The van der Waals surface area contributed by atoms with Gasteiger partial charge in [0.1, 0.15) is 5.75 Å². The summed E-state index contributed by atoms with van der Waals surface area (Å²) in [6, 6.07) is 70.0. The van der Waals surface area contributed by atoms with Gasteiger partial charge in [0.25, 0.3) is 0 Å². The summed E-state index contributed by atoms with van der Waals surface area (Å²) in [5.41, 5.74) is 16.9. The lowest BCUT2D eigenvalue weighted by Gasteiger charge is -2.57. The van der Waals surface area contributed by atoms with Crippen molar-refractivity contribution in [2.45, 2.75) is 140 Å². The number of fused-ring (bicyclic) bond motifs is 7. The largest absolute Gasteiger partial charge is 0.497 e. The Kier molecular flexibility index (Phi) is 10.7. The highest BCUT2D eigenvalue weighted by Crippen LogP contribution is 2.74. The van der Waals surface area contributed by atoms with Crippen LogP contribution in [0, 0.1) is 17.8 Å². The van der Waals surface area contributed by atoms with Crippen LogP contribution in [-0.4, -0.2) is 18.4 Å². The molecule has 0 saturated heterocycles. The highest BCUT2D eigenvalue weighted by Gasteiger charge is 2.53. The van der Waals surface area contributed by atoms with Crippen molar-refractivity contribution in [1.29, 1.82) is 0 Å². The zero-order chi connectivity index (χ0) is 50.1. The van der Waals surface area contributed by atoms with Crippen LogP contribution in [0.5, 0.6) is 5.75 Å². The average Bonchev–Trinajstić information content (AvgIpc) is 3.82. The quantitative estimate of drug-likeness (QED) is 0.141. The number of hydrogen-bond donors (Lipinski definition) is 0. The fourth-order valence-electron chi connectivity index (χ4n) is 17.6. The lowest BCUT2D eigenvalue weighted by molar-refractivity contribution is -0.00512. The minimum atomic E-state index is -2.03. The summed E-state index contributed by atoms with van der Waals surface area (Å²) in [5, 5.41) is 2.76. The zero-order valence-corrected chi connectivity index (χ0v) is 45.0. The molecule has 0 unspecified atom stereocenters. The van der Waals surface area contributed by atoms with Crippen LogP contribution in [0.4, 0.5) is 17.1 Å². The van der Waals surface area contributed by atoms with Crippen LogP contribution in [0.15, 0.2) is 196 Å². The number of rotatable bonds is 8. The van der Waals surface area contributed by atoms with E-state index in [0.29, 0.717) is 17.3 Å². The number of anilines is 3. The van der Waals surface area contributed by atoms with E-state index in [1.807, 2.05) is 7.11 Å². The van der Waals surface area contributed by atoms with E-state index in [9.17, 15) is 0 Å². The number of hydrogen-bond acceptors (Lipinski definition) is 2. The van der Waals surface area contributed by atoms with Crippen LogP contribution < -0.4 is 26.0 Å². The SMILES string of the molecule is COc1cc2c3c(c1)S(c1ccccc1)(c1ccccc1)c1ccc(C4CCCCC4)cc1B3c1cc(C3CCCCC3)ccc1N2c1ccc(-n2c3ccccc3c3cc(C45CC6CC(CC(C6)C4)C5)ccc32)cc1. The average molecular weight is 1010 g/mol. The van der Waals surface area contributed by atoms with Gasteiger partial charge < -0.3 is 14.2 Å². The molecule has 17 rings (SSSR count). The standard InChI is InChI=1S/C71H69BN2OS/c1-75-57-42-67-70-69(43-57)76(58-20-10-4-11-21-58,59-22-12-5-13-23-59)68-35-27-53(51-18-8-3-9-19-51)40-63(68)72(70)62-39-52(50-16-6-2-7-17-50)26-33-66(62)74(67)56-31-29-55(30-32-56)73-64-25-15-14-24-60(64)61-41-54(28-34-65(61)73)71-44-47-36-48(45-71)38-49(37-47)46-71/h4-5,10-15,20-35,39-43,47-51H,2-3,6-9,16-19,36-38,44-46H2,1H3. The summed E-state index contributed by atoms with van der Waals surface area (Å²) in [4.78, 5) is 8.24. The minimum Gasteiger partial charge on any atom is -0.497 e. The fourth-order valence-corrected chi connectivity index (χ4v) is 21.9. The molecule has 3 heterocycles. The summed E-state index contributed by atoms with van der Waals surface area (Å²) < 4.78 is 9.06. The maximum Gasteiger partial charge on any atom is 0.249 e. The Morgan fingerprint density at radius 3 is 1.71 bits per heavy atom. The molecule has 76 heavy (non-hydrogen) atoms. The molecule has 0 atom stereocenters. The van der Waals surface area contributed by atoms with E-state index in [4.69, 9.17) is 4.74 Å². The lowest BCUT2D eigenvalue weighted by Crippen LogP contribution is -2.61. The number of ether oxygens (including phenoxy) is 1. The molecule has 8 aromatic carbocycles. The molecule has 3 nitrogen and oxygen atoms in total. The number of para-hydroxylation sites is 1. The van der Waals surface area contributed by atoms with E-state index in [1.54, 1.807) is 5.56 Å². The molecule has 6 fully saturated rings. The molecular weight excluding hydrogens is 940 g/mol. The first-order valence-electron chi connectivity index (χ1n) is 29.4. The molecule has 2 aliphatic heterocycles. The maximum absolute atomic E-state index is 6.51. The van der Waals surface area contributed by atoms with Gasteiger partial charge in [0.15, 0.2) is 0 Å². The molecule has 5 heteroatoms. The van der Waals surface area contributed by atoms with Crippen molar-refractivity contribution in [2.75, 3.05) is 12.0 Å². The zero-order valence-electron chi connectivity index (χ0n) is 44.2. The molecule has 6 aliphatic carbocycles. The highest BCUT2D eigenvalue weighted by molar-refractivity contribution is 8.34. The molecular formula is C71H69BN2OS. The van der Waals surface area contributed by atoms with Gasteiger partial charge in [0.05, 0.1) is 18.1 Å². The Morgan fingerprint density at radius 1 is 0.487 bits per heavy atom. The molecule has 0 N–H and O–H groups in total. The van der Waals surface area contributed by atoms with Crippen LogP contribution in [0.1, 0.15) is 131 Å². The molecule has 6 saturated carbocycles. The molecule has 1 aromatic heterocycles. The van der Waals surface area contributed by atoms with Crippen molar-refractivity contribution < 1.29 is 4.74 Å². The third-order valence-electron chi connectivity index (χ3n) is 20.5. The molecule has 0 amide bonds. The summed E-state index contributed by atoms with van der Waals surface area (Å²) in [6.07, 6.45) is 21.7. The first kappa shape index (κ1) is 45.7. The molecule has 9 aromatic rings. The van der Waals surface area contributed by atoms with Crippen molar-refractivity contribution in [2.24, 2.45) is 17.8 Å². The Labute approximate surface area is 452 Å². The van der Waals surface area contributed by atoms with E-state index >= 15 is 0 Å². The second-order valence-corrected chi connectivity index (χ2v) is 27.7. The number of aromatic nitrogens is 1. The van der Waals surface area contributed by atoms with Crippen molar-refractivity contribution >= 4 is 72.0 Å². The van der Waals surface area contributed by atoms with Crippen LogP contribution in [0.2, 0.25) is 0 Å². The first-order chi connectivity index (χ1) is 37.5. The van der Waals surface area contributed by atoms with Gasteiger partial charge >= 0.3 is 0 Å². The summed E-state index contributed by atoms with van der Waals surface area (Å²) >= 11 is 0. The molecule has 4 bridgehead atoms. The predicted octanol–water partition coefficient (Wildman–Crippen LogP) is 17.3. The fraction of sp³-hybridized carbons (Fsp3) is 0.324. The predicted molar refractivity (Wildman–Crippen MR) is 318 cm³/mol. The normalized spacial score (nSPS) is 23.8. The van der Waals surface area contributed by atoms with Gasteiger partial charge in [0, 0.05) is 54.3 Å². The smallest absolute Gasteiger partial charge is 0.249 e. The second kappa shape index (κ2) is 17.8. The molecule has 8 aliphatic rings. The number of benzene rings is 8. The van der Waals surface area contributed by atoms with Gasteiger partial charge in [-0.1, -0.05) is 129 Å². The van der Waals surface area contributed by atoms with E-state index in [2.05, 4.69) is 185 Å². The van der Waals surface area contributed by atoms with Crippen molar-refractivity contribution in [3.8, 4) is 11.4 Å². The Morgan fingerprint density at radius 2 is 1.07 bits per heavy atom. The van der Waals surface area contributed by atoms with Gasteiger partial charge in [-0.05, 0) is 217 Å². The summed E-state index contributed by atoms with van der Waals surface area (Å²) in [7, 11) is -0.162. The Bertz CT molecular complexity index is 3640. The van der Waals surface area contributed by atoms with Crippen molar-refractivity contribution in [3.05, 3.63) is 193 Å². The number of methoxy groups -OCH3 is 1. The van der Waals surface area contributed by atoms with Crippen molar-refractivity contribution in [3.63, 3.8) is 0 Å². The van der Waals surface area contributed by atoms with Crippen LogP contribution in [-0.2, 0) is 5.41 Å². The molecule has 0 radical (unpaired) electrons. The second-order valence-electron chi connectivity index (χ2n) is 24.6. The Balaban J connectivity index is 0.909.